The molecule has 0 aliphatic heterocycles. The number of aromatic hydroxyl groups is 1. The molecule has 21 heavy (non-hydrogen) atoms. The van der Waals surface area contributed by atoms with Crippen molar-refractivity contribution >= 4 is 18.2 Å². The predicted octanol–water partition coefficient (Wildman–Crippen LogP) is 0.969. The average Bonchev–Trinajstić information content (AvgIpc) is 2.48. The number of rotatable bonds is 4. The zero-order valence-electron chi connectivity index (χ0n) is 11.5. The first kappa shape index (κ1) is 16.3. The molecule has 8 nitrogen and oxygen atoms in total. The first-order valence-corrected chi connectivity index (χ1v) is 5.88. The molecule has 0 radical (unpaired) electrons. The van der Waals surface area contributed by atoms with Crippen LogP contribution in [0.1, 0.15) is 5.56 Å². The van der Waals surface area contributed by atoms with Gasteiger partial charge in [-0.1, -0.05) is 12.1 Å². The van der Waals surface area contributed by atoms with Gasteiger partial charge in [0.05, 0.1) is 14.2 Å². The number of methoxy groups -OCH3 is 2. The summed E-state index contributed by atoms with van der Waals surface area (Å²) in [6.45, 7) is 0. The Morgan fingerprint density at radius 1 is 1.14 bits per heavy atom. The van der Waals surface area contributed by atoms with Gasteiger partial charge in [0, 0.05) is 6.42 Å². The van der Waals surface area contributed by atoms with Gasteiger partial charge in [0.15, 0.2) is 0 Å². The summed E-state index contributed by atoms with van der Waals surface area (Å²) in [4.78, 5) is 34.0. The van der Waals surface area contributed by atoms with Crippen molar-refractivity contribution in [3.63, 3.8) is 0 Å². The number of hydrogen-bond acceptors (Lipinski definition) is 7. The van der Waals surface area contributed by atoms with Crippen molar-refractivity contribution in [2.24, 2.45) is 0 Å². The second-order valence-corrected chi connectivity index (χ2v) is 3.93. The summed E-state index contributed by atoms with van der Waals surface area (Å²) < 4.78 is 13.0. The molecule has 0 fully saturated rings. The molecule has 114 valence electrons. The van der Waals surface area contributed by atoms with Gasteiger partial charge in [-0.05, 0) is 17.7 Å². The van der Waals surface area contributed by atoms with Crippen molar-refractivity contribution in [3.8, 4) is 5.75 Å². The molecule has 0 aliphatic rings. The van der Waals surface area contributed by atoms with Crippen LogP contribution in [0.15, 0.2) is 24.3 Å². The molecule has 0 spiro atoms. The summed E-state index contributed by atoms with van der Waals surface area (Å²) in [6.07, 6.45) is -1.98. The normalized spacial score (nSPS) is 11.1. The van der Waals surface area contributed by atoms with Crippen LogP contribution in [0.4, 0.5) is 9.59 Å². The van der Waals surface area contributed by atoms with E-state index in [1.165, 1.54) is 12.1 Å². The minimum absolute atomic E-state index is 0.0468. The fourth-order valence-corrected chi connectivity index (χ4v) is 1.46. The molecule has 0 saturated carbocycles. The van der Waals surface area contributed by atoms with E-state index < -0.39 is 24.3 Å². The summed E-state index contributed by atoms with van der Waals surface area (Å²) >= 11 is 0. The Bertz CT molecular complexity index is 512. The first-order valence-electron chi connectivity index (χ1n) is 5.88. The van der Waals surface area contributed by atoms with Crippen LogP contribution in [0.3, 0.4) is 0 Å². The summed E-state index contributed by atoms with van der Waals surface area (Å²) in [5.74, 6) is -0.923. The molecule has 1 aromatic rings. The van der Waals surface area contributed by atoms with Crippen molar-refractivity contribution < 1.29 is 33.7 Å². The maximum atomic E-state index is 11.8. The van der Waals surface area contributed by atoms with Gasteiger partial charge in [-0.3, -0.25) is 0 Å². The third-order valence-corrected chi connectivity index (χ3v) is 2.49. The van der Waals surface area contributed by atoms with E-state index in [4.69, 9.17) is 0 Å². The average molecular weight is 297 g/mol. The number of carbonyl (C=O) groups is 3. The number of esters is 1. The fraction of sp³-hybridized carbons (Fsp3) is 0.308. The SMILES string of the molecule is COC(=O)N[C@@H](Cc1ccc(O)cc1)C(=O)OC(=O)OC. The van der Waals surface area contributed by atoms with Crippen LogP contribution in [0.5, 0.6) is 5.75 Å². The first-order chi connectivity index (χ1) is 9.96. The Morgan fingerprint density at radius 3 is 2.29 bits per heavy atom. The number of benzene rings is 1. The highest BCUT2D eigenvalue weighted by Crippen LogP contribution is 2.12. The molecule has 8 heteroatoms. The minimum atomic E-state index is -1.18. The molecule has 0 bridgehead atoms. The van der Waals surface area contributed by atoms with Crippen molar-refractivity contribution in [1.29, 1.82) is 0 Å². The lowest BCUT2D eigenvalue weighted by atomic mass is 10.1. The van der Waals surface area contributed by atoms with E-state index in [-0.39, 0.29) is 12.2 Å². The molecular formula is C13H15NO7. The smallest absolute Gasteiger partial charge is 0.508 e. The standard InChI is InChI=1S/C13H15NO7/c1-19-12(17)14-10(11(16)21-13(18)20-2)7-8-3-5-9(15)6-4-8/h3-6,10,15H,7H2,1-2H3,(H,14,17)/t10-/m0/s1. The number of phenolic OH excluding ortho intramolecular Hbond substituents is 1. The second kappa shape index (κ2) is 7.73. The maximum Gasteiger partial charge on any atom is 0.515 e. The Hall–Kier alpha value is -2.77. The quantitative estimate of drug-likeness (QED) is 0.629. The summed E-state index contributed by atoms with van der Waals surface area (Å²) in [5.41, 5.74) is 0.635. The fourth-order valence-electron chi connectivity index (χ4n) is 1.46. The van der Waals surface area contributed by atoms with Gasteiger partial charge in [-0.25, -0.2) is 14.4 Å². The lowest BCUT2D eigenvalue weighted by molar-refractivity contribution is -0.141. The highest BCUT2D eigenvalue weighted by Gasteiger charge is 2.25. The van der Waals surface area contributed by atoms with Crippen LogP contribution in [-0.2, 0) is 25.4 Å². The van der Waals surface area contributed by atoms with Crippen LogP contribution >= 0.6 is 0 Å². The Labute approximate surface area is 120 Å². The van der Waals surface area contributed by atoms with Crippen LogP contribution in [-0.4, -0.2) is 43.6 Å². The van der Waals surface area contributed by atoms with Gasteiger partial charge in [0.25, 0.3) is 0 Å². The monoisotopic (exact) mass is 297 g/mol. The molecule has 1 atom stereocenters. The summed E-state index contributed by atoms with van der Waals surface area (Å²) in [6, 6.07) is 4.84. The third kappa shape index (κ3) is 5.39. The van der Waals surface area contributed by atoms with Gasteiger partial charge in [0.2, 0.25) is 0 Å². The van der Waals surface area contributed by atoms with Crippen molar-refractivity contribution in [3.05, 3.63) is 29.8 Å². The van der Waals surface area contributed by atoms with E-state index in [0.29, 0.717) is 5.56 Å². The van der Waals surface area contributed by atoms with Crippen molar-refractivity contribution in [2.45, 2.75) is 12.5 Å². The minimum Gasteiger partial charge on any atom is -0.508 e. The number of phenols is 1. The molecule has 1 amide bonds. The molecule has 0 unspecified atom stereocenters. The molecule has 0 heterocycles. The van der Waals surface area contributed by atoms with Gasteiger partial charge in [-0.15, -0.1) is 0 Å². The largest absolute Gasteiger partial charge is 0.515 e. The van der Waals surface area contributed by atoms with E-state index in [2.05, 4.69) is 19.5 Å². The number of carbonyl (C=O) groups excluding carboxylic acids is 3. The van der Waals surface area contributed by atoms with Gasteiger partial charge < -0.3 is 24.6 Å². The van der Waals surface area contributed by atoms with Gasteiger partial charge >= 0.3 is 18.2 Å². The topological polar surface area (TPSA) is 111 Å². The predicted molar refractivity (Wildman–Crippen MR) is 69.6 cm³/mol. The van der Waals surface area contributed by atoms with Gasteiger partial charge in [0.1, 0.15) is 11.8 Å². The van der Waals surface area contributed by atoms with Crippen molar-refractivity contribution in [1.82, 2.24) is 5.32 Å². The van der Waals surface area contributed by atoms with E-state index in [0.717, 1.165) is 14.2 Å². The Morgan fingerprint density at radius 2 is 1.76 bits per heavy atom. The highest BCUT2D eigenvalue weighted by atomic mass is 16.7. The summed E-state index contributed by atoms with van der Waals surface area (Å²) in [7, 11) is 2.19. The zero-order chi connectivity index (χ0) is 15.8. The second-order valence-electron chi connectivity index (χ2n) is 3.93. The Kier molecular flexibility index (Phi) is 5.99. The highest BCUT2D eigenvalue weighted by molar-refractivity contribution is 5.88. The zero-order valence-corrected chi connectivity index (χ0v) is 11.5. The van der Waals surface area contributed by atoms with Crippen LogP contribution in [0, 0.1) is 0 Å². The number of alkyl carbamates (subject to hydrolysis) is 1. The molecule has 0 saturated heterocycles. The number of amides is 1. The lowest BCUT2D eigenvalue weighted by Crippen LogP contribution is -2.44. The van der Waals surface area contributed by atoms with Crippen LogP contribution in [0.2, 0.25) is 0 Å². The molecule has 1 rings (SSSR count). The molecular weight excluding hydrogens is 282 g/mol. The van der Waals surface area contributed by atoms with E-state index in [1.807, 2.05) is 0 Å². The lowest BCUT2D eigenvalue weighted by Gasteiger charge is -2.15. The number of hydrogen-bond donors (Lipinski definition) is 2. The third-order valence-electron chi connectivity index (χ3n) is 2.49. The van der Waals surface area contributed by atoms with Crippen LogP contribution in [0.25, 0.3) is 0 Å². The Balaban J connectivity index is 2.80. The van der Waals surface area contributed by atoms with Crippen LogP contribution < -0.4 is 5.32 Å². The summed E-state index contributed by atoms with van der Waals surface area (Å²) in [5, 5.41) is 11.4. The van der Waals surface area contributed by atoms with Crippen molar-refractivity contribution in [2.75, 3.05) is 14.2 Å². The van der Waals surface area contributed by atoms with Gasteiger partial charge in [-0.2, -0.15) is 0 Å². The maximum absolute atomic E-state index is 11.8. The number of ether oxygens (including phenoxy) is 3. The van der Waals surface area contributed by atoms with E-state index >= 15 is 0 Å². The number of nitrogens with one attached hydrogen (secondary N) is 1. The molecule has 0 aliphatic carbocycles. The molecule has 2 N–H and O–H groups in total. The van der Waals surface area contributed by atoms with E-state index in [1.54, 1.807) is 12.1 Å². The molecule has 0 aromatic heterocycles. The van der Waals surface area contributed by atoms with E-state index in [9.17, 15) is 19.5 Å². The molecule has 1 aromatic carbocycles.